The summed E-state index contributed by atoms with van der Waals surface area (Å²) in [6, 6.07) is -1.70. The highest BCUT2D eigenvalue weighted by Gasteiger charge is 2.38. The summed E-state index contributed by atoms with van der Waals surface area (Å²) in [5.41, 5.74) is 0. The first-order chi connectivity index (χ1) is 22.9. The Morgan fingerprint density at radius 3 is 0.851 bits per heavy atom. The van der Waals surface area contributed by atoms with Crippen LogP contribution in [0.4, 0.5) is 0 Å². The molecule has 0 spiro atoms. The van der Waals surface area contributed by atoms with E-state index < -0.39 is 29.6 Å². The number of nitrogens with zero attached hydrogens (tertiary/aromatic N) is 1. The van der Waals surface area contributed by atoms with E-state index in [1.807, 2.05) is 0 Å². The van der Waals surface area contributed by atoms with Crippen molar-refractivity contribution in [2.75, 3.05) is 0 Å². The number of carbonyl (C=O) groups excluding carboxylic acids is 3. The van der Waals surface area contributed by atoms with Gasteiger partial charge in [0.2, 0.25) is 11.8 Å². The minimum absolute atomic E-state index is 0.0219. The van der Waals surface area contributed by atoms with Gasteiger partial charge in [0.1, 0.15) is 0 Å². The predicted molar refractivity (Wildman–Crippen MR) is 198 cm³/mol. The van der Waals surface area contributed by atoms with Crippen molar-refractivity contribution >= 4 is 23.6 Å². The van der Waals surface area contributed by atoms with Crippen LogP contribution in [0.1, 0.15) is 233 Å². The highest BCUT2D eigenvalue weighted by molar-refractivity contribution is 6.10. The Labute approximate surface area is 291 Å². The summed E-state index contributed by atoms with van der Waals surface area (Å²) in [4.78, 5) is 51.6. The van der Waals surface area contributed by atoms with Crippen LogP contribution in [-0.2, 0) is 19.2 Å². The molecule has 0 bridgehead atoms. The maximum absolute atomic E-state index is 13.1. The lowest BCUT2D eigenvalue weighted by atomic mass is 10.0. The number of aliphatic carboxylic acids is 1. The van der Waals surface area contributed by atoms with Gasteiger partial charge in [-0.25, -0.2) is 4.79 Å². The normalized spacial score (nSPS) is 11.9. The quantitative estimate of drug-likeness (QED) is 0.0532. The molecule has 1 unspecified atom stereocenters. The highest BCUT2D eigenvalue weighted by atomic mass is 16.4. The smallest absolute Gasteiger partial charge is 0.334 e. The number of imide groups is 1. The first-order valence-corrected chi connectivity index (χ1v) is 20.5. The van der Waals surface area contributed by atoms with Gasteiger partial charge in [-0.05, 0) is 12.8 Å². The number of hydrogen-bond acceptors (Lipinski definition) is 4. The van der Waals surface area contributed by atoms with Crippen molar-refractivity contribution < 1.29 is 24.3 Å². The zero-order valence-electron chi connectivity index (χ0n) is 31.4. The number of unbranched alkanes of at least 4 members (excludes halogenated alkanes) is 28. The first-order valence-electron chi connectivity index (χ1n) is 20.5. The second-order valence-corrected chi connectivity index (χ2v) is 14.1. The van der Waals surface area contributed by atoms with Crippen LogP contribution in [0.2, 0.25) is 0 Å². The number of hydrogen-bond donors (Lipinski definition) is 1. The van der Waals surface area contributed by atoms with E-state index in [4.69, 9.17) is 0 Å². The average Bonchev–Trinajstić information content (AvgIpc) is 3.06. The standard InChI is InChI=1S/C41H77NO5/c1-4-7-9-11-13-15-17-19-21-23-25-27-29-31-33-35-38(44)42(40(41(46)47)37(43)6-3)39(45)36-34-32-30-28-26-24-22-20-18-16-14-12-10-8-5-2/h40H,4-36H2,1-3H3,(H,46,47). The van der Waals surface area contributed by atoms with Crippen LogP contribution in [0.5, 0.6) is 0 Å². The average molecular weight is 664 g/mol. The fraction of sp³-hybridized carbons (Fsp3) is 0.902. The molecule has 0 saturated carbocycles. The molecular formula is C41H77NO5. The van der Waals surface area contributed by atoms with Gasteiger partial charge in [-0.3, -0.25) is 19.3 Å². The number of ketones is 1. The van der Waals surface area contributed by atoms with Gasteiger partial charge < -0.3 is 5.11 Å². The van der Waals surface area contributed by atoms with Gasteiger partial charge in [0.05, 0.1) is 0 Å². The zero-order valence-corrected chi connectivity index (χ0v) is 31.4. The van der Waals surface area contributed by atoms with Crippen LogP contribution in [-0.4, -0.2) is 39.6 Å². The largest absolute Gasteiger partial charge is 0.479 e. The summed E-state index contributed by atoms with van der Waals surface area (Å²) in [5.74, 6) is -3.03. The van der Waals surface area contributed by atoms with Crippen molar-refractivity contribution in [1.82, 2.24) is 4.90 Å². The Kier molecular flexibility index (Phi) is 32.9. The summed E-state index contributed by atoms with van der Waals surface area (Å²) in [5, 5.41) is 9.78. The van der Waals surface area contributed by atoms with E-state index >= 15 is 0 Å². The Hall–Kier alpha value is -1.72. The van der Waals surface area contributed by atoms with E-state index in [0.717, 1.165) is 43.4 Å². The third-order valence-electron chi connectivity index (χ3n) is 9.67. The molecule has 0 heterocycles. The summed E-state index contributed by atoms with van der Waals surface area (Å²) in [6.45, 7) is 6.09. The van der Waals surface area contributed by atoms with E-state index in [1.54, 1.807) is 6.92 Å². The van der Waals surface area contributed by atoms with Gasteiger partial charge in [-0.15, -0.1) is 0 Å². The second kappa shape index (κ2) is 34.2. The minimum Gasteiger partial charge on any atom is -0.479 e. The van der Waals surface area contributed by atoms with Crippen molar-refractivity contribution in [3.8, 4) is 0 Å². The number of amides is 2. The fourth-order valence-electron chi connectivity index (χ4n) is 6.55. The van der Waals surface area contributed by atoms with Crippen molar-refractivity contribution in [3.05, 3.63) is 0 Å². The number of carbonyl (C=O) groups is 4. The van der Waals surface area contributed by atoms with Crippen molar-refractivity contribution in [1.29, 1.82) is 0 Å². The molecule has 0 rings (SSSR count). The van der Waals surface area contributed by atoms with Crippen LogP contribution in [0.15, 0.2) is 0 Å². The summed E-state index contributed by atoms with van der Waals surface area (Å²) in [6.07, 6.45) is 36.8. The molecule has 0 aliphatic rings. The molecule has 0 aliphatic heterocycles. The number of rotatable bonds is 36. The molecule has 0 radical (unpaired) electrons. The second-order valence-electron chi connectivity index (χ2n) is 14.1. The van der Waals surface area contributed by atoms with E-state index in [9.17, 15) is 24.3 Å². The van der Waals surface area contributed by atoms with Crippen LogP contribution >= 0.6 is 0 Å². The molecule has 47 heavy (non-hydrogen) atoms. The van der Waals surface area contributed by atoms with Gasteiger partial charge in [0.15, 0.2) is 11.8 Å². The molecule has 0 fully saturated rings. The van der Waals surface area contributed by atoms with Crippen LogP contribution < -0.4 is 0 Å². The molecule has 276 valence electrons. The predicted octanol–water partition coefficient (Wildman–Crippen LogP) is 12.3. The first kappa shape index (κ1) is 45.3. The van der Waals surface area contributed by atoms with E-state index in [0.29, 0.717) is 12.8 Å². The Morgan fingerprint density at radius 1 is 0.404 bits per heavy atom. The molecule has 0 aromatic heterocycles. The number of carboxylic acid groups (broad SMARTS) is 1. The third-order valence-corrected chi connectivity index (χ3v) is 9.67. The minimum atomic E-state index is -1.70. The summed E-state index contributed by atoms with van der Waals surface area (Å²) >= 11 is 0. The van der Waals surface area contributed by atoms with E-state index in [-0.39, 0.29) is 19.3 Å². The lowest BCUT2D eigenvalue weighted by Gasteiger charge is -2.26. The van der Waals surface area contributed by atoms with Gasteiger partial charge in [-0.1, -0.05) is 201 Å². The molecule has 2 amide bonds. The molecule has 6 nitrogen and oxygen atoms in total. The molecule has 1 N–H and O–H groups in total. The van der Waals surface area contributed by atoms with Crippen LogP contribution in [0.25, 0.3) is 0 Å². The van der Waals surface area contributed by atoms with Gasteiger partial charge in [-0.2, -0.15) is 0 Å². The molecule has 0 aromatic rings. The zero-order chi connectivity index (χ0) is 34.8. The molecule has 1 atom stereocenters. The van der Waals surface area contributed by atoms with E-state index in [2.05, 4.69) is 13.8 Å². The Morgan fingerprint density at radius 2 is 0.638 bits per heavy atom. The van der Waals surface area contributed by atoms with Gasteiger partial charge in [0.25, 0.3) is 0 Å². The molecule has 0 saturated heterocycles. The van der Waals surface area contributed by atoms with Crippen molar-refractivity contribution in [3.63, 3.8) is 0 Å². The number of carboxylic acids is 1. The Balaban J connectivity index is 4.24. The summed E-state index contributed by atoms with van der Waals surface area (Å²) < 4.78 is 0. The SMILES string of the molecule is CCCCCCCCCCCCCCCCCC(=O)N(C(=O)CCCCCCCCCCCCCCCCC)C(C(=O)O)C(=O)CC. The third kappa shape index (κ3) is 26.9. The molecule has 0 aliphatic carbocycles. The lowest BCUT2D eigenvalue weighted by molar-refractivity contribution is -0.161. The maximum Gasteiger partial charge on any atom is 0.334 e. The molecular weight excluding hydrogens is 586 g/mol. The van der Waals surface area contributed by atoms with Crippen LogP contribution in [0, 0.1) is 0 Å². The van der Waals surface area contributed by atoms with Crippen molar-refractivity contribution in [2.45, 2.75) is 239 Å². The van der Waals surface area contributed by atoms with Gasteiger partial charge in [0, 0.05) is 19.3 Å². The molecule has 6 heteroatoms. The maximum atomic E-state index is 13.1. The van der Waals surface area contributed by atoms with E-state index in [1.165, 1.54) is 141 Å². The summed E-state index contributed by atoms with van der Waals surface area (Å²) in [7, 11) is 0. The Bertz CT molecular complexity index is 721. The highest BCUT2D eigenvalue weighted by Crippen LogP contribution is 2.18. The monoisotopic (exact) mass is 664 g/mol. The lowest BCUT2D eigenvalue weighted by Crippen LogP contribution is -2.52. The van der Waals surface area contributed by atoms with Crippen LogP contribution in [0.3, 0.4) is 0 Å². The van der Waals surface area contributed by atoms with Gasteiger partial charge >= 0.3 is 5.97 Å². The topological polar surface area (TPSA) is 91.8 Å². The molecule has 0 aromatic carbocycles. The number of Topliss-reactive ketones (excluding diaryl/α,β-unsaturated/α-hetero) is 1. The fourth-order valence-corrected chi connectivity index (χ4v) is 6.55. The van der Waals surface area contributed by atoms with Crippen molar-refractivity contribution in [2.24, 2.45) is 0 Å².